The number of thioether (sulfide) groups is 1. The molecule has 0 bridgehead atoms. The molecule has 1 aromatic rings. The molecule has 1 heterocycles. The van der Waals surface area contributed by atoms with Crippen LogP contribution in [0.4, 0.5) is 18.9 Å². The van der Waals surface area contributed by atoms with E-state index in [0.717, 1.165) is 43.1 Å². The smallest absolute Gasteiger partial charge is 0.384 e. The third-order valence-electron chi connectivity index (χ3n) is 3.18. The lowest BCUT2D eigenvalue weighted by molar-refractivity contribution is -0.137. The summed E-state index contributed by atoms with van der Waals surface area (Å²) in [6.45, 7) is 1.54. The van der Waals surface area contributed by atoms with E-state index in [1.807, 2.05) is 16.7 Å². The van der Waals surface area contributed by atoms with E-state index in [9.17, 15) is 13.2 Å². The minimum absolute atomic E-state index is 0.159. The van der Waals surface area contributed by atoms with E-state index in [2.05, 4.69) is 0 Å². The Bertz CT molecular complexity index is 494. The van der Waals surface area contributed by atoms with Crippen molar-refractivity contribution in [2.24, 2.45) is 5.73 Å². The van der Waals surface area contributed by atoms with Gasteiger partial charge in [-0.1, -0.05) is 0 Å². The van der Waals surface area contributed by atoms with Crippen LogP contribution in [-0.2, 0) is 6.18 Å². The molecule has 1 saturated heterocycles. The predicted octanol–water partition coefficient (Wildman–Crippen LogP) is 2.93. The highest BCUT2D eigenvalue weighted by Crippen LogP contribution is 2.33. The Morgan fingerprint density at radius 3 is 2.65 bits per heavy atom. The minimum Gasteiger partial charge on any atom is -0.384 e. The molecule has 3 nitrogen and oxygen atoms in total. The van der Waals surface area contributed by atoms with Crippen LogP contribution in [0.15, 0.2) is 18.2 Å². The summed E-state index contributed by atoms with van der Waals surface area (Å²) in [5.41, 5.74) is 5.47. The van der Waals surface area contributed by atoms with Crippen molar-refractivity contribution in [1.29, 1.82) is 5.41 Å². The van der Waals surface area contributed by atoms with E-state index >= 15 is 0 Å². The first-order valence-corrected chi connectivity index (χ1v) is 7.43. The number of nitrogens with two attached hydrogens (primary N) is 1. The number of rotatable bonds is 2. The number of hydrogen-bond acceptors (Lipinski definition) is 3. The number of nitrogen functional groups attached to an aromatic ring is 1. The summed E-state index contributed by atoms with van der Waals surface area (Å²) in [5.74, 6) is 1.65. The van der Waals surface area contributed by atoms with Gasteiger partial charge in [0.2, 0.25) is 0 Å². The molecule has 0 unspecified atom stereocenters. The van der Waals surface area contributed by atoms with Gasteiger partial charge in [-0.05, 0) is 30.4 Å². The van der Waals surface area contributed by atoms with Crippen LogP contribution in [0.25, 0.3) is 0 Å². The van der Waals surface area contributed by atoms with Crippen molar-refractivity contribution in [3.63, 3.8) is 0 Å². The summed E-state index contributed by atoms with van der Waals surface area (Å²) >= 11 is 1.83. The van der Waals surface area contributed by atoms with E-state index in [0.29, 0.717) is 5.69 Å². The topological polar surface area (TPSA) is 53.1 Å². The Kier molecular flexibility index (Phi) is 4.47. The summed E-state index contributed by atoms with van der Waals surface area (Å²) in [6, 6.07) is 3.45. The molecule has 20 heavy (non-hydrogen) atoms. The zero-order valence-electron chi connectivity index (χ0n) is 10.8. The minimum atomic E-state index is -4.42. The Balaban J connectivity index is 2.39. The van der Waals surface area contributed by atoms with Crippen molar-refractivity contribution in [1.82, 2.24) is 0 Å². The lowest BCUT2D eigenvalue weighted by Crippen LogP contribution is -2.29. The number of hydrogen-bond donors (Lipinski definition) is 2. The van der Waals surface area contributed by atoms with Gasteiger partial charge in [0.25, 0.3) is 0 Å². The standard InChI is InChI=1S/C13H16F3N3S/c14-13(15,16)9-2-3-11(10(8-9)12(17)18)19-4-1-6-20-7-5-19/h2-3,8H,1,4-7H2,(H3,17,18). The van der Waals surface area contributed by atoms with Crippen LogP contribution in [0, 0.1) is 5.41 Å². The largest absolute Gasteiger partial charge is 0.416 e. The van der Waals surface area contributed by atoms with Crippen molar-refractivity contribution in [3.8, 4) is 0 Å². The second-order valence-corrected chi connectivity index (χ2v) is 5.82. The summed E-state index contributed by atoms with van der Waals surface area (Å²) in [6.07, 6.45) is -3.44. The van der Waals surface area contributed by atoms with Gasteiger partial charge < -0.3 is 10.6 Å². The second-order valence-electron chi connectivity index (χ2n) is 4.60. The fraction of sp³-hybridized carbons (Fsp3) is 0.462. The van der Waals surface area contributed by atoms with Crippen molar-refractivity contribution in [2.45, 2.75) is 12.6 Å². The van der Waals surface area contributed by atoms with Crippen LogP contribution in [0.3, 0.4) is 0 Å². The van der Waals surface area contributed by atoms with E-state index in [1.54, 1.807) is 0 Å². The zero-order chi connectivity index (χ0) is 14.8. The normalized spacial score (nSPS) is 16.9. The highest BCUT2D eigenvalue weighted by atomic mass is 32.2. The number of amidine groups is 1. The van der Waals surface area contributed by atoms with Crippen molar-refractivity contribution < 1.29 is 13.2 Å². The Hall–Kier alpha value is -1.37. The maximum absolute atomic E-state index is 12.7. The summed E-state index contributed by atoms with van der Waals surface area (Å²) < 4.78 is 38.2. The Labute approximate surface area is 119 Å². The first-order chi connectivity index (χ1) is 9.39. The van der Waals surface area contributed by atoms with E-state index in [4.69, 9.17) is 11.1 Å². The van der Waals surface area contributed by atoms with Crippen molar-refractivity contribution in [2.75, 3.05) is 29.5 Å². The van der Waals surface area contributed by atoms with Gasteiger partial charge in [-0.25, -0.2) is 0 Å². The summed E-state index contributed by atoms with van der Waals surface area (Å²) in [7, 11) is 0. The highest BCUT2D eigenvalue weighted by molar-refractivity contribution is 7.99. The van der Waals surface area contributed by atoms with Gasteiger partial charge in [-0.2, -0.15) is 24.9 Å². The molecule has 1 aromatic carbocycles. The number of halogens is 3. The molecule has 0 amide bonds. The third-order valence-corrected chi connectivity index (χ3v) is 4.23. The molecule has 0 saturated carbocycles. The molecule has 7 heteroatoms. The van der Waals surface area contributed by atoms with Crippen molar-refractivity contribution in [3.05, 3.63) is 29.3 Å². The molecule has 0 aromatic heterocycles. The molecule has 1 fully saturated rings. The fourth-order valence-corrected chi connectivity index (χ4v) is 3.08. The van der Waals surface area contributed by atoms with Crippen LogP contribution in [0.1, 0.15) is 17.5 Å². The van der Waals surface area contributed by atoms with Crippen LogP contribution in [-0.4, -0.2) is 30.4 Å². The molecule has 0 radical (unpaired) electrons. The molecule has 1 aliphatic heterocycles. The maximum Gasteiger partial charge on any atom is 0.416 e. The lowest BCUT2D eigenvalue weighted by atomic mass is 10.1. The lowest BCUT2D eigenvalue weighted by Gasteiger charge is -2.25. The van der Waals surface area contributed by atoms with Crippen LogP contribution >= 0.6 is 11.8 Å². The number of benzene rings is 1. The second kappa shape index (κ2) is 5.95. The molecule has 0 aliphatic carbocycles. The summed E-state index contributed by atoms with van der Waals surface area (Å²) in [5, 5.41) is 7.53. The average Bonchev–Trinajstić information content (AvgIpc) is 2.65. The maximum atomic E-state index is 12.7. The number of nitrogens with one attached hydrogen (secondary N) is 1. The van der Waals surface area contributed by atoms with E-state index in [-0.39, 0.29) is 11.4 Å². The zero-order valence-corrected chi connectivity index (χ0v) is 11.7. The Morgan fingerprint density at radius 1 is 1.25 bits per heavy atom. The van der Waals surface area contributed by atoms with Gasteiger partial charge in [0.15, 0.2) is 0 Å². The molecule has 1 aliphatic rings. The first-order valence-electron chi connectivity index (χ1n) is 6.28. The SMILES string of the molecule is N=C(N)c1cc(C(F)(F)F)ccc1N1CCCSCC1. The van der Waals surface area contributed by atoms with Crippen LogP contribution in [0.2, 0.25) is 0 Å². The molecule has 0 atom stereocenters. The van der Waals surface area contributed by atoms with Gasteiger partial charge in [0.05, 0.1) is 5.56 Å². The average molecular weight is 303 g/mol. The van der Waals surface area contributed by atoms with E-state index in [1.165, 1.54) is 6.07 Å². The third kappa shape index (κ3) is 3.39. The molecular formula is C13H16F3N3S. The fourth-order valence-electron chi connectivity index (χ4n) is 2.19. The van der Waals surface area contributed by atoms with Crippen LogP contribution in [0.5, 0.6) is 0 Å². The Morgan fingerprint density at radius 2 is 2.00 bits per heavy atom. The molecular weight excluding hydrogens is 287 g/mol. The van der Waals surface area contributed by atoms with Gasteiger partial charge in [-0.15, -0.1) is 0 Å². The predicted molar refractivity (Wildman–Crippen MR) is 76.6 cm³/mol. The highest BCUT2D eigenvalue weighted by Gasteiger charge is 2.31. The quantitative estimate of drug-likeness (QED) is 0.652. The van der Waals surface area contributed by atoms with Gasteiger partial charge in [0, 0.05) is 30.1 Å². The van der Waals surface area contributed by atoms with Gasteiger partial charge in [0.1, 0.15) is 5.84 Å². The monoisotopic (exact) mass is 303 g/mol. The number of anilines is 1. The molecule has 110 valence electrons. The first kappa shape index (κ1) is 15.0. The van der Waals surface area contributed by atoms with E-state index < -0.39 is 11.7 Å². The van der Waals surface area contributed by atoms with Crippen LogP contribution < -0.4 is 10.6 Å². The van der Waals surface area contributed by atoms with Gasteiger partial charge in [-0.3, -0.25) is 5.41 Å². The van der Waals surface area contributed by atoms with Crippen molar-refractivity contribution >= 4 is 23.3 Å². The molecule has 2 rings (SSSR count). The number of nitrogens with zero attached hydrogens (tertiary/aromatic N) is 1. The summed E-state index contributed by atoms with van der Waals surface area (Å²) in [4.78, 5) is 2.01. The van der Waals surface area contributed by atoms with Gasteiger partial charge >= 0.3 is 6.18 Å². The number of alkyl halides is 3. The molecule has 3 N–H and O–H groups in total. The molecule has 0 spiro atoms.